The summed E-state index contributed by atoms with van der Waals surface area (Å²) in [5.74, 6) is -16.3. The summed E-state index contributed by atoms with van der Waals surface area (Å²) in [6.45, 7) is 1.16. The highest BCUT2D eigenvalue weighted by Gasteiger charge is 2.42. The third-order valence-corrected chi connectivity index (χ3v) is 18.7. The zero-order valence-electron chi connectivity index (χ0n) is 49.5. The molecule has 1 aromatic carbocycles. The van der Waals surface area contributed by atoms with Crippen molar-refractivity contribution in [2.45, 2.75) is 132 Å². The molecule has 0 saturated carbocycles. The SMILES string of the molecule is CC(C)[C@@H]1NC(=O)[C@@H]2CSSC[C@H](NC(=O)CN)C(=O)N[C@@H](CSSC[C@@H](C(N)=O)NC(=O)[C@H](Cc3ccccc3)NC(=O)[C@H](CCCN=C(N)N)NC1=O)C(=O)N[C@@H](CO)C(=O)N[C@@H](CC(=O)O)C(=O)N1CCC[C@H]1C(=O)N[C@@H](CCCN=C(N)N)C(=O)N2. The van der Waals surface area contributed by atoms with Crippen molar-refractivity contribution in [1.82, 2.24) is 58.1 Å². The Kier molecular flexibility index (Phi) is 31.5. The molecule has 4 rings (SSSR count). The van der Waals surface area contributed by atoms with Crippen molar-refractivity contribution in [3.63, 3.8) is 0 Å². The monoisotopic (exact) mass is 1340 g/mol. The standard InChI is InChI=1S/C52H81N19O15S4/c1-25(2)39-49(85)63-28(12-7-15-60-52(57)58)41(77)64-29(17-26-9-4-3-5-10-26)43(79)67-32(40(54)76)21-87-89-23-34-46(82)66-31(20-72)44(80)65-30(18-38(74)75)50(86)71-16-8-13-36(71)48(84)62-27(11-6-14-59-51(55)56)42(78)68-35(47(83)70-39)24-90-88-22-33(45(81)69-34)61-37(73)19-53/h3-5,9-10,25,27-36,39,72H,6-8,11-24,53H2,1-2H3,(H2,54,76)(H,61,73)(H,62,84)(H,63,85)(H,64,77)(H,65,80)(H,66,82)(H,67,79)(H,68,78)(H,69,81)(H,70,83)(H,74,75)(H4,55,56,59)(H4,57,58,60)/t27-,28-,29-,30-,31-,32-,33-,34-,35-,36-,39-/m0/s1. The summed E-state index contributed by atoms with van der Waals surface area (Å²) < 4.78 is 0. The van der Waals surface area contributed by atoms with Gasteiger partial charge in [0.2, 0.25) is 70.9 Å². The number of carboxylic acid groups (broad SMARTS) is 1. The van der Waals surface area contributed by atoms with E-state index in [1.807, 2.05) is 0 Å². The van der Waals surface area contributed by atoms with Crippen molar-refractivity contribution >= 4 is 132 Å². The molecule has 12 amide bonds. The van der Waals surface area contributed by atoms with E-state index < -0.39 is 175 Å². The summed E-state index contributed by atoms with van der Waals surface area (Å²) in [7, 11) is 3.49. The molecule has 2 bridgehead atoms. The minimum atomic E-state index is -1.94. The van der Waals surface area contributed by atoms with Gasteiger partial charge in [-0.2, -0.15) is 0 Å². The number of hydrogen-bond acceptors (Lipinski definition) is 21. The molecule has 90 heavy (non-hydrogen) atoms. The van der Waals surface area contributed by atoms with E-state index in [-0.39, 0.29) is 93.8 Å². The predicted octanol–water partition coefficient (Wildman–Crippen LogP) is -7.47. The Hall–Kier alpha value is -7.81. The maximum atomic E-state index is 14.8. The Balaban J connectivity index is 1.96. The summed E-state index contributed by atoms with van der Waals surface area (Å²) in [6, 6.07) is -9.03. The number of benzene rings is 1. The van der Waals surface area contributed by atoms with Gasteiger partial charge in [0.15, 0.2) is 11.9 Å². The van der Waals surface area contributed by atoms with Crippen LogP contribution in [0.2, 0.25) is 0 Å². The summed E-state index contributed by atoms with van der Waals surface area (Å²) in [5.41, 5.74) is 34.2. The number of aliphatic hydroxyl groups excluding tert-OH is 1. The first-order valence-corrected chi connectivity index (χ1v) is 33.5. The quantitative estimate of drug-likeness (QED) is 0.0298. The Morgan fingerprint density at radius 2 is 1.11 bits per heavy atom. The molecule has 0 aliphatic carbocycles. The number of nitrogens with two attached hydrogens (primary N) is 6. The number of rotatable bonds is 17. The molecule has 0 aromatic heterocycles. The lowest BCUT2D eigenvalue weighted by atomic mass is 10.0. The van der Waals surface area contributed by atoms with Crippen LogP contribution in [-0.2, 0) is 68.7 Å². The fraction of sp³-hybridized carbons (Fsp3) is 0.596. The number of fused-ring (bicyclic) bond motifs is 9. The molecular formula is C52H81N19O15S4. The lowest BCUT2D eigenvalue weighted by Gasteiger charge is -2.31. The van der Waals surface area contributed by atoms with Crippen LogP contribution in [0, 0.1) is 5.92 Å². The van der Waals surface area contributed by atoms with Crippen LogP contribution >= 0.6 is 43.2 Å². The van der Waals surface area contributed by atoms with Gasteiger partial charge in [0.05, 0.1) is 19.6 Å². The maximum absolute atomic E-state index is 14.8. The smallest absolute Gasteiger partial charge is 0.305 e. The molecule has 0 unspecified atom stereocenters. The van der Waals surface area contributed by atoms with E-state index in [1.54, 1.807) is 44.2 Å². The van der Waals surface area contributed by atoms with Crippen LogP contribution < -0.4 is 87.6 Å². The van der Waals surface area contributed by atoms with E-state index in [0.29, 0.717) is 5.56 Å². The van der Waals surface area contributed by atoms with Crippen LogP contribution in [0.3, 0.4) is 0 Å². The average molecular weight is 1340 g/mol. The summed E-state index contributed by atoms with van der Waals surface area (Å²) >= 11 is 0. The van der Waals surface area contributed by atoms with Crippen molar-refractivity contribution in [1.29, 1.82) is 0 Å². The molecule has 24 N–H and O–H groups in total. The fourth-order valence-electron chi connectivity index (χ4n) is 9.09. The van der Waals surface area contributed by atoms with Crippen LogP contribution in [0.5, 0.6) is 0 Å². The van der Waals surface area contributed by atoms with Gasteiger partial charge in [-0.3, -0.25) is 72.3 Å². The third-order valence-electron chi connectivity index (χ3n) is 13.8. The predicted molar refractivity (Wildman–Crippen MR) is 336 cm³/mol. The fourth-order valence-corrected chi connectivity index (χ4v) is 13.8. The van der Waals surface area contributed by atoms with E-state index in [4.69, 9.17) is 34.4 Å². The van der Waals surface area contributed by atoms with Crippen LogP contribution in [0.25, 0.3) is 0 Å². The number of hydrogen-bond donors (Lipinski definition) is 18. The molecule has 3 aliphatic rings. The number of primary amides is 1. The molecule has 1 aromatic rings. The average Bonchev–Trinajstić information content (AvgIpc) is 2.99. The molecule has 3 fully saturated rings. The lowest BCUT2D eigenvalue weighted by molar-refractivity contribution is -0.146. The van der Waals surface area contributed by atoms with Crippen molar-refractivity contribution in [3.8, 4) is 0 Å². The number of aliphatic carboxylic acids is 1. The zero-order valence-corrected chi connectivity index (χ0v) is 52.7. The van der Waals surface area contributed by atoms with E-state index in [0.717, 1.165) is 48.1 Å². The molecule has 3 heterocycles. The number of carbonyl (C=O) groups excluding carboxylic acids is 12. The molecule has 34 nitrogen and oxygen atoms in total. The first-order chi connectivity index (χ1) is 42.7. The van der Waals surface area contributed by atoms with Crippen LogP contribution in [-0.4, -0.2) is 226 Å². The van der Waals surface area contributed by atoms with Gasteiger partial charge < -0.3 is 103 Å². The van der Waals surface area contributed by atoms with Crippen molar-refractivity contribution in [2.24, 2.45) is 50.3 Å². The third kappa shape index (κ3) is 24.9. The Bertz CT molecular complexity index is 2780. The molecule has 38 heteroatoms. The molecule has 3 saturated heterocycles. The molecule has 498 valence electrons. The van der Waals surface area contributed by atoms with Gasteiger partial charge in [0.1, 0.15) is 66.5 Å². The number of amides is 12. The van der Waals surface area contributed by atoms with Gasteiger partial charge in [0, 0.05) is 49.1 Å². The first-order valence-electron chi connectivity index (χ1n) is 28.5. The van der Waals surface area contributed by atoms with E-state index >= 15 is 0 Å². The minimum Gasteiger partial charge on any atom is -0.481 e. The summed E-state index contributed by atoms with van der Waals surface area (Å²) in [4.78, 5) is 191. The minimum absolute atomic E-state index is 0.0105. The largest absolute Gasteiger partial charge is 0.481 e. The van der Waals surface area contributed by atoms with E-state index in [1.165, 1.54) is 0 Å². The van der Waals surface area contributed by atoms with Crippen LogP contribution in [0.15, 0.2) is 40.3 Å². The second-order valence-corrected chi connectivity index (χ2v) is 26.2. The Morgan fingerprint density at radius 1 is 0.611 bits per heavy atom. The molecule has 11 atom stereocenters. The van der Waals surface area contributed by atoms with E-state index in [2.05, 4.69) is 63.2 Å². The van der Waals surface area contributed by atoms with Crippen LogP contribution in [0.1, 0.15) is 64.4 Å². The Morgan fingerprint density at radius 3 is 1.67 bits per heavy atom. The number of guanidine groups is 2. The number of carboxylic acids is 1. The molecular weight excluding hydrogens is 1260 g/mol. The van der Waals surface area contributed by atoms with Crippen LogP contribution in [0.4, 0.5) is 0 Å². The van der Waals surface area contributed by atoms with Gasteiger partial charge in [0.25, 0.3) is 0 Å². The number of aliphatic hydroxyl groups is 1. The van der Waals surface area contributed by atoms with Gasteiger partial charge >= 0.3 is 5.97 Å². The number of nitrogens with zero attached hydrogens (tertiary/aromatic N) is 3. The van der Waals surface area contributed by atoms with Gasteiger partial charge in [-0.15, -0.1) is 0 Å². The Labute approximate surface area is 533 Å². The lowest BCUT2D eigenvalue weighted by Crippen LogP contribution is -2.62. The normalized spacial score (nSPS) is 26.2. The van der Waals surface area contributed by atoms with Crippen molar-refractivity contribution in [2.75, 3.05) is 55.8 Å². The van der Waals surface area contributed by atoms with Gasteiger partial charge in [-0.25, -0.2) is 0 Å². The van der Waals surface area contributed by atoms with Crippen molar-refractivity contribution < 1.29 is 72.5 Å². The highest BCUT2D eigenvalue weighted by Crippen LogP contribution is 2.26. The first kappa shape index (κ1) is 74.7. The number of aliphatic imine (C=N–C) groups is 2. The molecule has 0 spiro atoms. The number of carbonyl (C=O) groups is 13. The highest BCUT2D eigenvalue weighted by molar-refractivity contribution is 8.77. The van der Waals surface area contributed by atoms with Gasteiger partial charge in [-0.05, 0) is 50.0 Å². The zero-order chi connectivity index (χ0) is 66.6. The number of nitrogens with one attached hydrogen (secondary N) is 10. The summed E-state index contributed by atoms with van der Waals surface area (Å²) in [6.07, 6.45) is -1.26. The highest BCUT2D eigenvalue weighted by atomic mass is 33.1. The summed E-state index contributed by atoms with van der Waals surface area (Å²) in [5, 5.41) is 45.8. The molecule has 0 radical (unpaired) electrons. The molecule has 3 aliphatic heterocycles. The maximum Gasteiger partial charge on any atom is 0.305 e. The second-order valence-electron chi connectivity index (χ2n) is 21.1. The second kappa shape index (κ2) is 38.0. The van der Waals surface area contributed by atoms with Crippen molar-refractivity contribution in [3.05, 3.63) is 35.9 Å². The van der Waals surface area contributed by atoms with Gasteiger partial charge in [-0.1, -0.05) is 87.4 Å². The topological polar surface area (TPSA) is 567 Å². The van der Waals surface area contributed by atoms with E-state index in [9.17, 15) is 72.5 Å².